The van der Waals surface area contributed by atoms with Gasteiger partial charge in [-0.25, -0.2) is 4.98 Å². The van der Waals surface area contributed by atoms with Crippen molar-refractivity contribution in [2.24, 2.45) is 0 Å². The summed E-state index contributed by atoms with van der Waals surface area (Å²) in [6.45, 7) is 6.80. The van der Waals surface area contributed by atoms with Gasteiger partial charge in [0.1, 0.15) is 24.7 Å². The van der Waals surface area contributed by atoms with Gasteiger partial charge in [-0.1, -0.05) is 17.7 Å². The molecule has 23 heavy (non-hydrogen) atoms. The van der Waals surface area contributed by atoms with Gasteiger partial charge >= 0.3 is 0 Å². The van der Waals surface area contributed by atoms with E-state index in [1.165, 1.54) is 16.7 Å². The largest absolute Gasteiger partial charge is 0.486 e. The van der Waals surface area contributed by atoms with Crippen molar-refractivity contribution < 1.29 is 4.74 Å². The van der Waals surface area contributed by atoms with Crippen LogP contribution in [0.4, 0.5) is 0 Å². The Bertz CT molecular complexity index is 886. The minimum absolute atomic E-state index is 0.269. The molecule has 3 aromatic rings. The smallest absolute Gasteiger partial charge is 0.148 e. The first-order valence-electron chi connectivity index (χ1n) is 7.61. The van der Waals surface area contributed by atoms with Crippen molar-refractivity contribution in [3.8, 4) is 11.8 Å². The number of aromatic nitrogens is 2. The third kappa shape index (κ3) is 3.04. The maximum absolute atomic E-state index is 9.12. The van der Waals surface area contributed by atoms with Gasteiger partial charge in [-0.3, -0.25) is 0 Å². The Morgan fingerprint density at radius 1 is 1.09 bits per heavy atom. The van der Waals surface area contributed by atoms with Crippen molar-refractivity contribution >= 4 is 11.0 Å². The van der Waals surface area contributed by atoms with Gasteiger partial charge in [0.05, 0.1) is 17.1 Å². The van der Waals surface area contributed by atoms with E-state index in [2.05, 4.69) is 37.0 Å². The predicted molar refractivity (Wildman–Crippen MR) is 90.3 cm³/mol. The Labute approximate surface area is 136 Å². The topological polar surface area (TPSA) is 50.8 Å². The second-order valence-electron chi connectivity index (χ2n) is 5.80. The van der Waals surface area contributed by atoms with E-state index in [0.717, 1.165) is 22.6 Å². The summed E-state index contributed by atoms with van der Waals surface area (Å²) >= 11 is 0. The lowest BCUT2D eigenvalue weighted by Crippen LogP contribution is -2.06. The molecule has 0 saturated heterocycles. The van der Waals surface area contributed by atoms with Crippen molar-refractivity contribution in [2.75, 3.05) is 0 Å². The van der Waals surface area contributed by atoms with E-state index >= 15 is 0 Å². The van der Waals surface area contributed by atoms with Crippen LogP contribution in [0.2, 0.25) is 0 Å². The fourth-order valence-corrected chi connectivity index (χ4v) is 2.57. The van der Waals surface area contributed by atoms with Gasteiger partial charge in [0.15, 0.2) is 0 Å². The molecular weight excluding hydrogens is 286 g/mol. The van der Waals surface area contributed by atoms with Gasteiger partial charge in [-0.05, 0) is 56.2 Å². The van der Waals surface area contributed by atoms with Crippen molar-refractivity contribution in [3.63, 3.8) is 0 Å². The Hall–Kier alpha value is -2.80. The molecule has 4 nitrogen and oxygen atoms in total. The molecule has 0 spiro atoms. The Kier molecular flexibility index (Phi) is 4.03. The first-order valence-corrected chi connectivity index (χ1v) is 7.61. The Morgan fingerprint density at radius 2 is 1.78 bits per heavy atom. The van der Waals surface area contributed by atoms with E-state index in [-0.39, 0.29) is 6.54 Å². The average Bonchev–Trinajstić information content (AvgIpc) is 2.85. The number of aryl methyl sites for hydroxylation is 3. The van der Waals surface area contributed by atoms with Crippen molar-refractivity contribution in [2.45, 2.75) is 33.9 Å². The molecule has 0 unspecified atom stereocenters. The summed E-state index contributed by atoms with van der Waals surface area (Å²) in [5, 5.41) is 9.12. The average molecular weight is 305 g/mol. The monoisotopic (exact) mass is 305 g/mol. The van der Waals surface area contributed by atoms with E-state index in [4.69, 9.17) is 10.00 Å². The van der Waals surface area contributed by atoms with Crippen LogP contribution in [0.5, 0.6) is 5.75 Å². The van der Waals surface area contributed by atoms with Crippen LogP contribution in [0.15, 0.2) is 36.4 Å². The summed E-state index contributed by atoms with van der Waals surface area (Å²) < 4.78 is 7.76. The van der Waals surface area contributed by atoms with Crippen molar-refractivity contribution in [1.82, 2.24) is 9.55 Å². The molecule has 0 atom stereocenters. The second-order valence-corrected chi connectivity index (χ2v) is 5.80. The van der Waals surface area contributed by atoms with Crippen LogP contribution in [-0.4, -0.2) is 9.55 Å². The van der Waals surface area contributed by atoms with E-state index in [0.29, 0.717) is 6.61 Å². The Balaban J connectivity index is 1.94. The van der Waals surface area contributed by atoms with E-state index in [1.807, 2.05) is 35.8 Å². The molecule has 0 bridgehead atoms. The lowest BCUT2D eigenvalue weighted by atomic mass is 10.1. The number of nitriles is 1. The Morgan fingerprint density at radius 3 is 2.48 bits per heavy atom. The molecule has 3 rings (SSSR count). The number of hydrogen-bond donors (Lipinski definition) is 0. The summed E-state index contributed by atoms with van der Waals surface area (Å²) in [5.41, 5.74) is 5.48. The molecule has 0 fully saturated rings. The lowest BCUT2D eigenvalue weighted by molar-refractivity contribution is 0.291. The number of imidazole rings is 1. The molecule has 0 radical (unpaired) electrons. The van der Waals surface area contributed by atoms with Crippen LogP contribution in [0.25, 0.3) is 11.0 Å². The zero-order valence-electron chi connectivity index (χ0n) is 13.6. The SMILES string of the molecule is Cc1ccc(OCc2nc3cc(C)c(C)cc3n2CC#N)cc1. The molecule has 0 N–H and O–H groups in total. The van der Waals surface area contributed by atoms with Gasteiger partial charge in [-0.2, -0.15) is 5.26 Å². The van der Waals surface area contributed by atoms with Gasteiger partial charge in [-0.15, -0.1) is 0 Å². The highest BCUT2D eigenvalue weighted by Gasteiger charge is 2.12. The molecule has 0 aliphatic carbocycles. The molecule has 4 heteroatoms. The minimum atomic E-state index is 0.269. The fraction of sp³-hybridized carbons (Fsp3) is 0.263. The minimum Gasteiger partial charge on any atom is -0.486 e. The van der Waals surface area contributed by atoms with Gasteiger partial charge in [0, 0.05) is 0 Å². The van der Waals surface area contributed by atoms with Gasteiger partial charge in [0.25, 0.3) is 0 Å². The van der Waals surface area contributed by atoms with Crippen molar-refractivity contribution in [3.05, 3.63) is 58.9 Å². The van der Waals surface area contributed by atoms with Crippen LogP contribution in [-0.2, 0) is 13.2 Å². The number of rotatable bonds is 4. The predicted octanol–water partition coefficient (Wildman–Crippen LogP) is 4.06. The molecule has 0 saturated carbocycles. The number of hydrogen-bond acceptors (Lipinski definition) is 3. The van der Waals surface area contributed by atoms with Gasteiger partial charge in [0.2, 0.25) is 0 Å². The zero-order chi connectivity index (χ0) is 16.4. The summed E-state index contributed by atoms with van der Waals surface area (Å²) in [6, 6.07) is 14.3. The van der Waals surface area contributed by atoms with Crippen LogP contribution < -0.4 is 4.74 Å². The summed E-state index contributed by atoms with van der Waals surface area (Å²) in [4.78, 5) is 4.65. The third-order valence-corrected chi connectivity index (χ3v) is 4.06. The van der Waals surface area contributed by atoms with E-state index in [9.17, 15) is 0 Å². The highest BCUT2D eigenvalue weighted by atomic mass is 16.5. The lowest BCUT2D eigenvalue weighted by Gasteiger charge is -2.08. The van der Waals surface area contributed by atoms with Gasteiger partial charge < -0.3 is 9.30 Å². The molecule has 1 aromatic heterocycles. The normalized spacial score (nSPS) is 10.7. The maximum Gasteiger partial charge on any atom is 0.148 e. The summed E-state index contributed by atoms with van der Waals surface area (Å²) in [5.74, 6) is 1.57. The highest BCUT2D eigenvalue weighted by molar-refractivity contribution is 5.78. The van der Waals surface area contributed by atoms with E-state index < -0.39 is 0 Å². The molecule has 0 aliphatic heterocycles. The number of ether oxygens (including phenoxy) is 1. The molecular formula is C19H19N3O. The molecule has 0 aliphatic rings. The summed E-state index contributed by atoms with van der Waals surface area (Å²) in [7, 11) is 0. The summed E-state index contributed by atoms with van der Waals surface area (Å²) in [6.07, 6.45) is 0. The first-order chi connectivity index (χ1) is 11.1. The molecule has 116 valence electrons. The third-order valence-electron chi connectivity index (χ3n) is 4.06. The van der Waals surface area contributed by atoms with Crippen molar-refractivity contribution in [1.29, 1.82) is 5.26 Å². The second kappa shape index (κ2) is 6.13. The molecule has 1 heterocycles. The quantitative estimate of drug-likeness (QED) is 0.730. The molecule has 0 amide bonds. The van der Waals surface area contributed by atoms with E-state index in [1.54, 1.807) is 0 Å². The van der Waals surface area contributed by atoms with Crippen LogP contribution in [0.1, 0.15) is 22.5 Å². The molecule has 2 aromatic carbocycles. The van der Waals surface area contributed by atoms with Crippen LogP contribution in [0.3, 0.4) is 0 Å². The highest BCUT2D eigenvalue weighted by Crippen LogP contribution is 2.22. The first kappa shape index (κ1) is 15.1. The zero-order valence-corrected chi connectivity index (χ0v) is 13.6. The fourth-order valence-electron chi connectivity index (χ4n) is 2.57. The maximum atomic E-state index is 9.12. The number of fused-ring (bicyclic) bond motifs is 1. The number of nitrogens with zero attached hydrogens (tertiary/aromatic N) is 3. The van der Waals surface area contributed by atoms with Crippen LogP contribution >= 0.6 is 0 Å². The number of benzene rings is 2. The standard InChI is InChI=1S/C19H19N3O/c1-13-4-6-16(7-5-13)23-12-19-21-17-10-14(2)15(3)11-18(17)22(19)9-8-20/h4-7,10-11H,9,12H2,1-3H3. The van der Waals surface area contributed by atoms with Crippen LogP contribution in [0, 0.1) is 32.1 Å².